The van der Waals surface area contributed by atoms with Gasteiger partial charge in [-0.25, -0.2) is 4.79 Å². The Hall–Kier alpha value is -1.63. The lowest BCUT2D eigenvalue weighted by Gasteiger charge is -2.19. The zero-order valence-corrected chi connectivity index (χ0v) is 10.6. The molecule has 3 atom stereocenters. The molecule has 0 aliphatic heterocycles. The second-order valence-electron chi connectivity index (χ2n) is 4.63. The Balaban J connectivity index is 2.73. The first-order valence-electron chi connectivity index (χ1n) is 5.65. The van der Waals surface area contributed by atoms with Gasteiger partial charge in [0.15, 0.2) is 0 Å². The Morgan fingerprint density at radius 1 is 1.39 bits per heavy atom. The Morgan fingerprint density at radius 3 is 2.22 bits per heavy atom. The van der Waals surface area contributed by atoms with Crippen molar-refractivity contribution >= 4 is 17.8 Å². The fourth-order valence-electron chi connectivity index (χ4n) is 2.17. The van der Waals surface area contributed by atoms with Crippen molar-refractivity contribution in [2.45, 2.75) is 31.8 Å². The molecule has 0 spiro atoms. The molecular weight excluding hydrogens is 240 g/mol. The highest BCUT2D eigenvalue weighted by atomic mass is 16.5. The first kappa shape index (κ1) is 14.4. The summed E-state index contributed by atoms with van der Waals surface area (Å²) in [5, 5.41) is 11.1. The molecule has 1 amide bonds. The first-order chi connectivity index (χ1) is 8.27. The van der Waals surface area contributed by atoms with E-state index in [9.17, 15) is 14.4 Å². The molecule has 7 nitrogen and oxygen atoms in total. The van der Waals surface area contributed by atoms with Gasteiger partial charge in [0.05, 0.1) is 19.6 Å². The monoisotopic (exact) mass is 258 g/mol. The predicted molar refractivity (Wildman–Crippen MR) is 61.4 cm³/mol. The number of carboxylic acids is 1. The van der Waals surface area contributed by atoms with Crippen LogP contribution in [0.4, 0.5) is 0 Å². The van der Waals surface area contributed by atoms with Gasteiger partial charge < -0.3 is 20.9 Å². The number of rotatable bonds is 5. The quantitative estimate of drug-likeness (QED) is 0.550. The molecule has 0 heterocycles. The van der Waals surface area contributed by atoms with Gasteiger partial charge >= 0.3 is 11.9 Å². The number of nitrogens with one attached hydrogen (secondary N) is 1. The maximum atomic E-state index is 11.7. The van der Waals surface area contributed by atoms with Crippen LogP contribution in [0.3, 0.4) is 0 Å². The number of carboxylic acid groups (broad SMARTS) is 1. The Kier molecular flexibility index (Phi) is 3.95. The highest BCUT2D eigenvalue weighted by molar-refractivity contribution is 5.94. The van der Waals surface area contributed by atoms with Crippen molar-refractivity contribution in [3.63, 3.8) is 0 Å². The SMILES string of the molecule is COC(=O)C1(NC(=O)[C@@H](N)CC(=O)O)[C@@H](C)[C@@H]1C. The van der Waals surface area contributed by atoms with Crippen LogP contribution in [0, 0.1) is 11.8 Å². The number of hydrogen-bond donors (Lipinski definition) is 3. The van der Waals surface area contributed by atoms with Gasteiger partial charge in [-0.1, -0.05) is 13.8 Å². The lowest BCUT2D eigenvalue weighted by Crippen LogP contribution is -2.52. The van der Waals surface area contributed by atoms with Crippen LogP contribution in [0.5, 0.6) is 0 Å². The molecule has 0 aromatic carbocycles. The number of nitrogens with two attached hydrogens (primary N) is 1. The molecule has 7 heteroatoms. The molecule has 0 bridgehead atoms. The van der Waals surface area contributed by atoms with Crippen molar-refractivity contribution in [1.82, 2.24) is 5.32 Å². The summed E-state index contributed by atoms with van der Waals surface area (Å²) in [7, 11) is 1.24. The first-order valence-corrected chi connectivity index (χ1v) is 5.65. The second kappa shape index (κ2) is 4.93. The summed E-state index contributed by atoms with van der Waals surface area (Å²) in [6.45, 7) is 3.62. The van der Waals surface area contributed by atoms with E-state index in [-0.39, 0.29) is 11.8 Å². The van der Waals surface area contributed by atoms with Crippen LogP contribution in [-0.2, 0) is 19.1 Å². The average molecular weight is 258 g/mol. The zero-order valence-electron chi connectivity index (χ0n) is 10.6. The van der Waals surface area contributed by atoms with E-state index in [2.05, 4.69) is 10.1 Å². The fourth-order valence-corrected chi connectivity index (χ4v) is 2.17. The number of aliphatic carboxylic acids is 1. The highest BCUT2D eigenvalue weighted by Crippen LogP contribution is 2.50. The van der Waals surface area contributed by atoms with Crippen molar-refractivity contribution in [2.24, 2.45) is 17.6 Å². The van der Waals surface area contributed by atoms with E-state index in [0.29, 0.717) is 0 Å². The van der Waals surface area contributed by atoms with Crippen LogP contribution in [0.2, 0.25) is 0 Å². The van der Waals surface area contributed by atoms with Gasteiger partial charge in [-0.15, -0.1) is 0 Å². The Morgan fingerprint density at radius 2 is 1.89 bits per heavy atom. The van der Waals surface area contributed by atoms with Crippen molar-refractivity contribution < 1.29 is 24.2 Å². The van der Waals surface area contributed by atoms with Gasteiger partial charge in [0.2, 0.25) is 5.91 Å². The lowest BCUT2D eigenvalue weighted by molar-refractivity contribution is -0.147. The molecular formula is C11H18N2O5. The number of methoxy groups -OCH3 is 1. The summed E-state index contributed by atoms with van der Waals surface area (Å²) in [5.41, 5.74) is 4.37. The van der Waals surface area contributed by atoms with E-state index in [1.807, 2.05) is 13.8 Å². The van der Waals surface area contributed by atoms with E-state index in [1.54, 1.807) is 0 Å². The van der Waals surface area contributed by atoms with Gasteiger partial charge in [0.25, 0.3) is 0 Å². The van der Waals surface area contributed by atoms with E-state index in [4.69, 9.17) is 10.8 Å². The largest absolute Gasteiger partial charge is 0.481 e. The topological polar surface area (TPSA) is 119 Å². The van der Waals surface area contributed by atoms with Gasteiger partial charge in [-0.2, -0.15) is 0 Å². The van der Waals surface area contributed by atoms with Crippen LogP contribution in [0.25, 0.3) is 0 Å². The van der Waals surface area contributed by atoms with Crippen LogP contribution >= 0.6 is 0 Å². The number of carbonyl (C=O) groups excluding carboxylic acids is 2. The molecule has 0 radical (unpaired) electrons. The van der Waals surface area contributed by atoms with Crippen LogP contribution in [0.1, 0.15) is 20.3 Å². The lowest BCUT2D eigenvalue weighted by atomic mass is 10.1. The third kappa shape index (κ3) is 2.31. The number of esters is 1. The third-order valence-electron chi connectivity index (χ3n) is 3.66. The minimum absolute atomic E-state index is 0.0640. The molecule has 102 valence electrons. The molecule has 0 aromatic heterocycles. The molecule has 1 aliphatic carbocycles. The van der Waals surface area contributed by atoms with E-state index in [1.165, 1.54) is 7.11 Å². The standard InChI is InChI=1S/C11H18N2O5/c1-5-6(2)11(5,10(17)18-3)13-9(16)7(12)4-8(14)15/h5-7H,4,12H2,1-3H3,(H,13,16)(H,14,15)/t5-,6-,7-/m0/s1. The Bertz CT molecular complexity index is 374. The number of hydrogen-bond acceptors (Lipinski definition) is 5. The van der Waals surface area contributed by atoms with Gasteiger partial charge in [0, 0.05) is 0 Å². The summed E-state index contributed by atoms with van der Waals surface area (Å²) >= 11 is 0. The van der Waals surface area contributed by atoms with Crippen LogP contribution < -0.4 is 11.1 Å². The summed E-state index contributed by atoms with van der Waals surface area (Å²) in [5.74, 6) is -2.48. The zero-order chi connectivity index (χ0) is 14.1. The number of ether oxygens (including phenoxy) is 1. The molecule has 1 fully saturated rings. The van der Waals surface area contributed by atoms with E-state index >= 15 is 0 Å². The van der Waals surface area contributed by atoms with Gasteiger partial charge in [-0.05, 0) is 11.8 Å². The normalized spacial score (nSPS) is 31.3. The molecule has 0 aromatic rings. The smallest absolute Gasteiger partial charge is 0.332 e. The minimum Gasteiger partial charge on any atom is -0.481 e. The predicted octanol–water partition coefficient (Wildman–Crippen LogP) is -0.898. The summed E-state index contributed by atoms with van der Waals surface area (Å²) in [4.78, 5) is 33.9. The van der Waals surface area contributed by atoms with Crippen LogP contribution in [-0.4, -0.2) is 41.6 Å². The second-order valence-corrected chi connectivity index (χ2v) is 4.63. The molecule has 4 N–H and O–H groups in total. The maximum Gasteiger partial charge on any atom is 0.332 e. The van der Waals surface area contributed by atoms with E-state index < -0.39 is 35.8 Å². The van der Waals surface area contributed by atoms with Gasteiger partial charge in [0.1, 0.15) is 5.54 Å². The van der Waals surface area contributed by atoms with Gasteiger partial charge in [-0.3, -0.25) is 9.59 Å². The third-order valence-corrected chi connectivity index (χ3v) is 3.66. The van der Waals surface area contributed by atoms with Crippen LogP contribution in [0.15, 0.2) is 0 Å². The maximum absolute atomic E-state index is 11.7. The summed E-state index contributed by atoms with van der Waals surface area (Å²) in [6.07, 6.45) is -0.480. The molecule has 0 unspecified atom stereocenters. The molecule has 1 aliphatic rings. The Labute approximate surface area is 105 Å². The highest BCUT2D eigenvalue weighted by Gasteiger charge is 2.67. The van der Waals surface area contributed by atoms with Crippen molar-refractivity contribution in [3.8, 4) is 0 Å². The molecule has 0 saturated heterocycles. The molecule has 1 saturated carbocycles. The number of amides is 1. The number of carbonyl (C=O) groups is 3. The molecule has 1 rings (SSSR count). The van der Waals surface area contributed by atoms with Crippen molar-refractivity contribution in [1.29, 1.82) is 0 Å². The van der Waals surface area contributed by atoms with Crippen molar-refractivity contribution in [3.05, 3.63) is 0 Å². The van der Waals surface area contributed by atoms with Crippen molar-refractivity contribution in [2.75, 3.05) is 7.11 Å². The van der Waals surface area contributed by atoms with E-state index in [0.717, 1.165) is 0 Å². The fraction of sp³-hybridized carbons (Fsp3) is 0.727. The molecule has 18 heavy (non-hydrogen) atoms. The average Bonchev–Trinajstić information content (AvgIpc) is 2.81. The summed E-state index contributed by atoms with van der Waals surface area (Å²) in [6, 6.07) is -1.18. The minimum atomic E-state index is -1.18. The summed E-state index contributed by atoms with van der Waals surface area (Å²) < 4.78 is 4.67.